The van der Waals surface area contributed by atoms with Crippen molar-refractivity contribution in [2.45, 2.75) is 0 Å². The lowest BCUT2D eigenvalue weighted by molar-refractivity contribution is -0.651. The van der Waals surface area contributed by atoms with Gasteiger partial charge in [-0.1, -0.05) is 6.07 Å². The lowest BCUT2D eigenvalue weighted by Crippen LogP contribution is -2.26. The fourth-order valence-electron chi connectivity index (χ4n) is 1.56. The zero-order valence-electron chi connectivity index (χ0n) is 8.47. The summed E-state index contributed by atoms with van der Waals surface area (Å²) in [6, 6.07) is 5.40. The lowest BCUT2D eigenvalue weighted by Gasteiger charge is -1.92. The predicted octanol–water partition coefficient (Wildman–Crippen LogP) is 0.256. The SMILES string of the molecule is COC(=O)c1c(O)[n+](C)c2ccccn12. The molecule has 0 saturated carbocycles. The van der Waals surface area contributed by atoms with Crippen LogP contribution in [0.5, 0.6) is 5.88 Å². The van der Waals surface area contributed by atoms with Gasteiger partial charge in [-0.15, -0.1) is 0 Å². The molecule has 5 nitrogen and oxygen atoms in total. The number of imidazole rings is 1. The van der Waals surface area contributed by atoms with Crippen LogP contribution in [0, 0.1) is 0 Å². The number of aryl methyl sites for hydroxylation is 1. The Kier molecular flexibility index (Phi) is 2.07. The second kappa shape index (κ2) is 3.27. The minimum Gasteiger partial charge on any atom is -0.474 e. The molecule has 5 heteroatoms. The number of hydrogen-bond acceptors (Lipinski definition) is 3. The zero-order chi connectivity index (χ0) is 11.0. The largest absolute Gasteiger partial charge is 0.474 e. The van der Waals surface area contributed by atoms with Gasteiger partial charge in [0.2, 0.25) is 0 Å². The average molecular weight is 207 g/mol. The molecule has 0 aliphatic heterocycles. The molecule has 0 fully saturated rings. The third kappa shape index (κ3) is 1.24. The van der Waals surface area contributed by atoms with E-state index >= 15 is 0 Å². The van der Waals surface area contributed by atoms with Crippen LogP contribution < -0.4 is 4.57 Å². The van der Waals surface area contributed by atoms with Gasteiger partial charge in [-0.05, 0) is 6.07 Å². The summed E-state index contributed by atoms with van der Waals surface area (Å²) < 4.78 is 7.71. The standard InChI is InChI=1S/C10H10N2O3/c1-11-7-5-3-4-6-12(7)8(9(11)13)10(14)15-2/h3-6H,1-2H3/p+1. The summed E-state index contributed by atoms with van der Waals surface area (Å²) in [5.74, 6) is -0.664. The summed E-state index contributed by atoms with van der Waals surface area (Å²) in [4.78, 5) is 11.4. The van der Waals surface area contributed by atoms with Gasteiger partial charge in [0, 0.05) is 6.07 Å². The summed E-state index contributed by atoms with van der Waals surface area (Å²) in [6.07, 6.45) is 1.70. The molecule has 0 aromatic carbocycles. The molecule has 0 radical (unpaired) electrons. The Morgan fingerprint density at radius 1 is 1.53 bits per heavy atom. The first kappa shape index (κ1) is 9.51. The van der Waals surface area contributed by atoms with E-state index < -0.39 is 5.97 Å². The van der Waals surface area contributed by atoms with Crippen molar-refractivity contribution in [1.29, 1.82) is 0 Å². The normalized spacial score (nSPS) is 10.5. The summed E-state index contributed by atoms with van der Waals surface area (Å²) in [7, 11) is 2.96. The minimum absolute atomic E-state index is 0.104. The van der Waals surface area contributed by atoms with Crippen molar-refractivity contribution in [3.8, 4) is 5.88 Å². The Hall–Kier alpha value is -2.04. The number of pyridine rings is 1. The molecule has 0 saturated heterocycles. The molecule has 0 amide bonds. The molecule has 2 aromatic heterocycles. The van der Waals surface area contributed by atoms with E-state index in [1.807, 2.05) is 6.07 Å². The number of aromatic nitrogens is 2. The van der Waals surface area contributed by atoms with E-state index in [-0.39, 0.29) is 11.6 Å². The number of methoxy groups -OCH3 is 1. The molecule has 2 rings (SSSR count). The smallest absolute Gasteiger partial charge is 0.386 e. The van der Waals surface area contributed by atoms with Gasteiger partial charge in [0.05, 0.1) is 20.4 Å². The Labute approximate surface area is 86.1 Å². The number of carbonyl (C=O) groups is 1. The van der Waals surface area contributed by atoms with Crippen LogP contribution in [0.15, 0.2) is 24.4 Å². The van der Waals surface area contributed by atoms with Crippen molar-refractivity contribution < 1.29 is 19.2 Å². The molecule has 0 atom stereocenters. The highest BCUT2D eigenvalue weighted by atomic mass is 16.5. The highest BCUT2D eigenvalue weighted by Gasteiger charge is 2.29. The van der Waals surface area contributed by atoms with E-state index in [1.165, 1.54) is 11.7 Å². The molecule has 1 N–H and O–H groups in total. The van der Waals surface area contributed by atoms with Gasteiger partial charge in [0.15, 0.2) is 0 Å². The fourth-order valence-corrected chi connectivity index (χ4v) is 1.56. The topological polar surface area (TPSA) is 54.8 Å². The van der Waals surface area contributed by atoms with Gasteiger partial charge in [-0.2, -0.15) is 8.97 Å². The summed E-state index contributed by atoms with van der Waals surface area (Å²) >= 11 is 0. The van der Waals surface area contributed by atoms with Crippen LogP contribution in [-0.4, -0.2) is 22.6 Å². The molecule has 0 aliphatic carbocycles. The molecule has 0 unspecified atom stereocenters. The number of nitrogens with zero attached hydrogens (tertiary/aromatic N) is 2. The van der Waals surface area contributed by atoms with Crippen molar-refractivity contribution in [3.63, 3.8) is 0 Å². The van der Waals surface area contributed by atoms with E-state index in [0.29, 0.717) is 0 Å². The van der Waals surface area contributed by atoms with E-state index in [2.05, 4.69) is 4.74 Å². The van der Waals surface area contributed by atoms with Crippen LogP contribution in [-0.2, 0) is 11.8 Å². The Balaban J connectivity index is 2.83. The maximum Gasteiger partial charge on any atom is 0.386 e. The molecular formula is C10H11N2O3+. The third-order valence-electron chi connectivity index (χ3n) is 2.33. The number of aromatic hydroxyl groups is 1. The first-order valence-corrected chi connectivity index (χ1v) is 4.43. The second-order valence-corrected chi connectivity index (χ2v) is 3.15. The zero-order valence-corrected chi connectivity index (χ0v) is 8.47. The number of esters is 1. The Bertz CT molecular complexity index is 531. The highest BCUT2D eigenvalue weighted by molar-refractivity contribution is 5.90. The predicted molar refractivity (Wildman–Crippen MR) is 51.6 cm³/mol. The van der Waals surface area contributed by atoms with E-state index in [0.717, 1.165) is 5.65 Å². The molecule has 2 heterocycles. The average Bonchev–Trinajstić information content (AvgIpc) is 2.52. The van der Waals surface area contributed by atoms with Gasteiger partial charge in [-0.3, -0.25) is 0 Å². The first-order chi connectivity index (χ1) is 7.16. The number of ether oxygens (including phenoxy) is 1. The van der Waals surface area contributed by atoms with Gasteiger partial charge in [0.25, 0.3) is 5.65 Å². The molecule has 0 spiro atoms. The summed E-state index contributed by atoms with van der Waals surface area (Å²) in [5.41, 5.74) is 0.853. The molecular weight excluding hydrogens is 196 g/mol. The second-order valence-electron chi connectivity index (χ2n) is 3.15. The number of rotatable bonds is 1. The van der Waals surface area contributed by atoms with Crippen molar-refractivity contribution in [2.24, 2.45) is 7.05 Å². The molecule has 0 aliphatic rings. The van der Waals surface area contributed by atoms with Crippen LogP contribution in [0.2, 0.25) is 0 Å². The highest BCUT2D eigenvalue weighted by Crippen LogP contribution is 2.16. The van der Waals surface area contributed by atoms with Gasteiger partial charge < -0.3 is 9.84 Å². The Morgan fingerprint density at radius 2 is 2.27 bits per heavy atom. The van der Waals surface area contributed by atoms with Gasteiger partial charge in [-0.25, -0.2) is 4.79 Å². The fraction of sp³-hybridized carbons (Fsp3) is 0.200. The third-order valence-corrected chi connectivity index (χ3v) is 2.33. The van der Waals surface area contributed by atoms with Crippen LogP contribution in [0.25, 0.3) is 5.65 Å². The molecule has 2 aromatic rings. The summed E-state index contributed by atoms with van der Waals surface area (Å²) in [5, 5.41) is 9.76. The first-order valence-electron chi connectivity index (χ1n) is 4.43. The van der Waals surface area contributed by atoms with E-state index in [9.17, 15) is 9.90 Å². The van der Waals surface area contributed by atoms with Crippen molar-refractivity contribution in [3.05, 3.63) is 30.1 Å². The monoisotopic (exact) mass is 207 g/mol. The molecule has 15 heavy (non-hydrogen) atoms. The molecule has 0 bridgehead atoms. The minimum atomic E-state index is -0.561. The van der Waals surface area contributed by atoms with Crippen LogP contribution in [0.1, 0.15) is 10.5 Å². The van der Waals surface area contributed by atoms with Crippen LogP contribution in [0.3, 0.4) is 0 Å². The van der Waals surface area contributed by atoms with Crippen molar-refractivity contribution in [1.82, 2.24) is 4.40 Å². The maximum absolute atomic E-state index is 11.4. The van der Waals surface area contributed by atoms with E-state index in [4.69, 9.17) is 0 Å². The van der Waals surface area contributed by atoms with E-state index in [1.54, 1.807) is 29.8 Å². The van der Waals surface area contributed by atoms with Crippen molar-refractivity contribution >= 4 is 11.6 Å². The number of carbonyl (C=O) groups excluding carboxylic acids is 1. The Morgan fingerprint density at radius 3 is 2.93 bits per heavy atom. The number of hydrogen-bond donors (Lipinski definition) is 1. The van der Waals surface area contributed by atoms with Gasteiger partial charge in [0.1, 0.15) is 0 Å². The quantitative estimate of drug-likeness (QED) is 0.539. The van der Waals surface area contributed by atoms with Crippen LogP contribution >= 0.6 is 0 Å². The van der Waals surface area contributed by atoms with Crippen LogP contribution in [0.4, 0.5) is 0 Å². The van der Waals surface area contributed by atoms with Gasteiger partial charge >= 0.3 is 17.5 Å². The summed E-state index contributed by atoms with van der Waals surface area (Å²) in [6.45, 7) is 0. The lowest BCUT2D eigenvalue weighted by atomic mass is 10.4. The number of fused-ring (bicyclic) bond motifs is 1. The maximum atomic E-state index is 11.4. The van der Waals surface area contributed by atoms with Crippen molar-refractivity contribution in [2.75, 3.05) is 7.11 Å². The molecule has 78 valence electrons.